The number of sulfone groups is 1. The van der Waals surface area contributed by atoms with Crippen LogP contribution in [0.1, 0.15) is 48.1 Å². The predicted octanol–water partition coefficient (Wildman–Crippen LogP) is 2.86. The molecule has 0 radical (unpaired) electrons. The monoisotopic (exact) mass is 490 g/mol. The molecule has 3 N–H and O–H groups in total. The van der Waals surface area contributed by atoms with Crippen molar-refractivity contribution in [3.05, 3.63) is 71.0 Å². The van der Waals surface area contributed by atoms with E-state index in [0.29, 0.717) is 51.1 Å². The molecular weight excluding hydrogens is 455 g/mol. The number of hydrogen-bond acceptors (Lipinski definition) is 6. The highest BCUT2D eigenvalue weighted by Crippen LogP contribution is 2.35. The largest absolute Gasteiger partial charge is 0.396 e. The number of nitrogens with one attached hydrogen (secondary N) is 2. The third-order valence-corrected chi connectivity index (χ3v) is 10.00. The molecule has 0 aliphatic carbocycles. The number of aliphatic hydroxyl groups excluding tert-OH is 1. The number of hydrogen-bond donors (Lipinski definition) is 3. The SMILES string of the molecule is C[C@@H]1NC[C@@H](c2ccccc2)S(=O)(=O)C1Cc1ccc(C2(NCCCO)CCOCC2)cc1F. The lowest BCUT2D eigenvalue weighted by Gasteiger charge is -2.39. The summed E-state index contributed by atoms with van der Waals surface area (Å²) in [7, 11) is -3.52. The van der Waals surface area contributed by atoms with Crippen LogP contribution in [0.25, 0.3) is 0 Å². The van der Waals surface area contributed by atoms with Gasteiger partial charge in [-0.05, 0) is 61.9 Å². The van der Waals surface area contributed by atoms with Crippen LogP contribution in [-0.4, -0.2) is 57.7 Å². The molecule has 0 amide bonds. The maximum absolute atomic E-state index is 15.4. The third-order valence-electron chi connectivity index (χ3n) is 7.34. The van der Waals surface area contributed by atoms with Gasteiger partial charge in [0.2, 0.25) is 0 Å². The van der Waals surface area contributed by atoms with Gasteiger partial charge in [-0.25, -0.2) is 12.8 Å². The Bertz CT molecular complexity index is 1060. The third kappa shape index (κ3) is 5.21. The summed E-state index contributed by atoms with van der Waals surface area (Å²) >= 11 is 0. The summed E-state index contributed by atoms with van der Waals surface area (Å²) in [4.78, 5) is 0. The van der Waals surface area contributed by atoms with Gasteiger partial charge >= 0.3 is 0 Å². The molecule has 0 aromatic heterocycles. The first-order valence-corrected chi connectivity index (χ1v) is 13.7. The first-order chi connectivity index (χ1) is 16.4. The number of halogens is 1. The number of rotatable bonds is 8. The van der Waals surface area contributed by atoms with E-state index in [-0.39, 0.29) is 24.9 Å². The molecule has 2 heterocycles. The van der Waals surface area contributed by atoms with Crippen molar-refractivity contribution < 1.29 is 22.7 Å². The molecule has 186 valence electrons. The first kappa shape index (κ1) is 25.3. The first-order valence-electron chi connectivity index (χ1n) is 12.1. The van der Waals surface area contributed by atoms with Crippen molar-refractivity contribution in [1.82, 2.24) is 10.6 Å². The Morgan fingerprint density at radius 1 is 1.18 bits per heavy atom. The van der Waals surface area contributed by atoms with Crippen LogP contribution in [0.4, 0.5) is 4.39 Å². The van der Waals surface area contributed by atoms with E-state index >= 15 is 4.39 Å². The van der Waals surface area contributed by atoms with Gasteiger partial charge in [0.1, 0.15) is 5.82 Å². The molecule has 1 unspecified atom stereocenters. The van der Waals surface area contributed by atoms with Crippen LogP contribution in [0, 0.1) is 5.82 Å². The van der Waals surface area contributed by atoms with Crippen molar-refractivity contribution in [2.24, 2.45) is 0 Å². The number of ether oxygens (including phenoxy) is 1. The topological polar surface area (TPSA) is 87.7 Å². The minimum absolute atomic E-state index is 0.0962. The average molecular weight is 491 g/mol. The van der Waals surface area contributed by atoms with Gasteiger partial charge in [-0.15, -0.1) is 0 Å². The van der Waals surface area contributed by atoms with Gasteiger partial charge in [-0.3, -0.25) is 0 Å². The molecule has 0 spiro atoms. The van der Waals surface area contributed by atoms with E-state index in [1.165, 1.54) is 0 Å². The lowest BCUT2D eigenvalue weighted by molar-refractivity contribution is 0.0360. The van der Waals surface area contributed by atoms with Gasteiger partial charge in [-0.2, -0.15) is 0 Å². The zero-order valence-electron chi connectivity index (χ0n) is 19.7. The normalized spacial score (nSPS) is 26.3. The zero-order valence-corrected chi connectivity index (χ0v) is 20.5. The Hall–Kier alpha value is -1.84. The molecule has 2 aliphatic heterocycles. The maximum Gasteiger partial charge on any atom is 0.163 e. The van der Waals surface area contributed by atoms with E-state index in [9.17, 15) is 8.42 Å². The highest BCUT2D eigenvalue weighted by atomic mass is 32.2. The summed E-state index contributed by atoms with van der Waals surface area (Å²) in [5.74, 6) is -0.378. The van der Waals surface area contributed by atoms with Crippen LogP contribution in [-0.2, 0) is 26.5 Å². The van der Waals surface area contributed by atoms with Gasteiger partial charge in [0.15, 0.2) is 9.84 Å². The van der Waals surface area contributed by atoms with Crippen molar-refractivity contribution in [2.75, 3.05) is 32.9 Å². The molecule has 3 atom stereocenters. The summed E-state index contributed by atoms with van der Waals surface area (Å²) in [6, 6.07) is 14.2. The Morgan fingerprint density at radius 2 is 1.91 bits per heavy atom. The molecule has 2 fully saturated rings. The van der Waals surface area contributed by atoms with E-state index in [0.717, 1.165) is 11.1 Å². The second-order valence-corrected chi connectivity index (χ2v) is 11.8. The molecule has 2 aliphatic rings. The van der Waals surface area contributed by atoms with E-state index in [1.807, 2.05) is 43.3 Å². The van der Waals surface area contributed by atoms with Crippen molar-refractivity contribution in [3.63, 3.8) is 0 Å². The summed E-state index contributed by atoms with van der Waals surface area (Å²) in [5, 5.41) is 14.6. The molecule has 6 nitrogen and oxygen atoms in total. The standard InChI is InChI=1S/C26H35FN2O4S/c1-19-24(34(31,32)25(18-28-19)20-6-3-2-4-7-20)16-21-8-9-22(17-23(21)27)26(29-12-5-13-30)10-14-33-15-11-26/h2-4,6-9,17,19,24-25,28-30H,5,10-16,18H2,1H3/t19-,24?,25-/m0/s1. The summed E-state index contributed by atoms with van der Waals surface area (Å²) in [6.45, 7) is 4.11. The second kappa shape index (κ2) is 10.8. The Morgan fingerprint density at radius 3 is 2.59 bits per heavy atom. The molecule has 0 bridgehead atoms. The lowest BCUT2D eigenvalue weighted by atomic mass is 9.82. The molecule has 4 rings (SSSR count). The van der Waals surface area contributed by atoms with Crippen molar-refractivity contribution in [3.8, 4) is 0 Å². The smallest absolute Gasteiger partial charge is 0.163 e. The Kier molecular flexibility index (Phi) is 8.05. The second-order valence-electron chi connectivity index (χ2n) is 9.43. The molecule has 34 heavy (non-hydrogen) atoms. The van der Waals surface area contributed by atoms with Crippen molar-refractivity contribution in [2.45, 2.75) is 54.7 Å². The maximum atomic E-state index is 15.4. The van der Waals surface area contributed by atoms with Gasteiger partial charge < -0.3 is 20.5 Å². The minimum Gasteiger partial charge on any atom is -0.396 e. The zero-order chi connectivity index (χ0) is 24.2. The van der Waals surface area contributed by atoms with E-state index in [2.05, 4.69) is 10.6 Å². The van der Waals surface area contributed by atoms with Crippen molar-refractivity contribution >= 4 is 9.84 Å². The van der Waals surface area contributed by atoms with Crippen LogP contribution < -0.4 is 10.6 Å². The fourth-order valence-electron chi connectivity index (χ4n) is 5.23. The quantitative estimate of drug-likeness (QED) is 0.494. The Labute approximate surface area is 201 Å². The van der Waals surface area contributed by atoms with Crippen LogP contribution in [0.2, 0.25) is 0 Å². The summed E-state index contributed by atoms with van der Waals surface area (Å²) in [5.41, 5.74) is 1.61. The summed E-state index contributed by atoms with van der Waals surface area (Å²) in [6.07, 6.45) is 2.18. The van der Waals surface area contributed by atoms with E-state index in [4.69, 9.17) is 9.84 Å². The molecule has 8 heteroatoms. The fraction of sp³-hybridized carbons (Fsp3) is 0.538. The van der Waals surface area contributed by atoms with E-state index in [1.54, 1.807) is 12.1 Å². The highest BCUT2D eigenvalue weighted by Gasteiger charge is 2.43. The van der Waals surface area contributed by atoms with Crippen LogP contribution in [0.15, 0.2) is 48.5 Å². The molecule has 2 saturated heterocycles. The summed E-state index contributed by atoms with van der Waals surface area (Å²) < 4.78 is 48.0. The molecular formula is C26H35FN2O4S. The van der Waals surface area contributed by atoms with Crippen LogP contribution >= 0.6 is 0 Å². The average Bonchev–Trinajstić information content (AvgIpc) is 2.83. The lowest BCUT2D eigenvalue weighted by Crippen LogP contribution is -2.53. The molecule has 2 aromatic carbocycles. The van der Waals surface area contributed by atoms with Gasteiger partial charge in [-0.1, -0.05) is 42.5 Å². The minimum atomic E-state index is -3.52. The predicted molar refractivity (Wildman–Crippen MR) is 131 cm³/mol. The van der Waals surface area contributed by atoms with Crippen LogP contribution in [0.3, 0.4) is 0 Å². The van der Waals surface area contributed by atoms with Gasteiger partial charge in [0, 0.05) is 37.9 Å². The van der Waals surface area contributed by atoms with E-state index < -0.39 is 25.9 Å². The Balaban J connectivity index is 1.58. The van der Waals surface area contributed by atoms with Gasteiger partial charge in [0.05, 0.1) is 10.5 Å². The van der Waals surface area contributed by atoms with Gasteiger partial charge in [0.25, 0.3) is 0 Å². The molecule has 0 saturated carbocycles. The van der Waals surface area contributed by atoms with Crippen LogP contribution in [0.5, 0.6) is 0 Å². The highest BCUT2D eigenvalue weighted by molar-refractivity contribution is 7.92. The molecule has 2 aromatic rings. The fourth-order valence-corrected chi connectivity index (χ4v) is 7.59. The number of aliphatic hydroxyl groups is 1. The van der Waals surface area contributed by atoms with Crippen molar-refractivity contribution in [1.29, 1.82) is 0 Å². The number of benzene rings is 2.